The Morgan fingerprint density at radius 2 is 2.04 bits per heavy atom. The lowest BCUT2D eigenvalue weighted by molar-refractivity contribution is -0.112. The first-order chi connectivity index (χ1) is 11.7. The number of hydrogen-bond acceptors (Lipinski definition) is 3. The fourth-order valence-corrected chi connectivity index (χ4v) is 2.24. The van der Waals surface area contributed by atoms with Crippen LogP contribution in [0, 0.1) is 11.3 Å². The van der Waals surface area contributed by atoms with Crippen molar-refractivity contribution in [2.75, 3.05) is 12.4 Å². The van der Waals surface area contributed by atoms with E-state index >= 15 is 0 Å². The van der Waals surface area contributed by atoms with E-state index < -0.39 is 5.91 Å². The molecule has 1 N–H and O–H groups in total. The molecule has 0 aliphatic carbocycles. The van der Waals surface area contributed by atoms with Crippen LogP contribution in [-0.4, -0.2) is 13.0 Å². The van der Waals surface area contributed by atoms with Crippen LogP contribution in [0.5, 0.6) is 5.75 Å². The normalized spacial score (nSPS) is 10.6. The number of nitrogens with one attached hydrogen (secondary N) is 1. The predicted molar refractivity (Wildman–Crippen MR) is 95.6 cm³/mol. The second kappa shape index (κ2) is 8.35. The van der Waals surface area contributed by atoms with Gasteiger partial charge in [-0.15, -0.1) is 6.58 Å². The van der Waals surface area contributed by atoms with Gasteiger partial charge in [0.2, 0.25) is 0 Å². The van der Waals surface area contributed by atoms with Crippen LogP contribution in [-0.2, 0) is 11.2 Å². The SMILES string of the molecule is C=CCc1cc(/C=C(/C#N)C(=O)Nc2ccccc2)ccc1OC. The Morgan fingerprint density at radius 3 is 2.67 bits per heavy atom. The summed E-state index contributed by atoms with van der Waals surface area (Å²) in [6.07, 6.45) is 3.98. The van der Waals surface area contributed by atoms with Gasteiger partial charge in [-0.2, -0.15) is 5.26 Å². The summed E-state index contributed by atoms with van der Waals surface area (Å²) >= 11 is 0. The van der Waals surface area contributed by atoms with Crippen LogP contribution >= 0.6 is 0 Å². The third-order valence-corrected chi connectivity index (χ3v) is 3.38. The number of ether oxygens (including phenoxy) is 1. The van der Waals surface area contributed by atoms with E-state index in [-0.39, 0.29) is 5.57 Å². The molecule has 0 bridgehead atoms. The van der Waals surface area contributed by atoms with Gasteiger partial charge in [-0.1, -0.05) is 30.3 Å². The Bertz CT molecular complexity index is 802. The van der Waals surface area contributed by atoms with Crippen molar-refractivity contribution in [3.05, 3.63) is 77.9 Å². The Kier molecular flexibility index (Phi) is 5.93. The van der Waals surface area contributed by atoms with Crippen LogP contribution in [0.25, 0.3) is 6.08 Å². The number of nitrogens with zero attached hydrogens (tertiary/aromatic N) is 1. The van der Waals surface area contributed by atoms with Crippen molar-refractivity contribution in [1.29, 1.82) is 5.26 Å². The molecule has 1 amide bonds. The summed E-state index contributed by atoms with van der Waals surface area (Å²) in [5.74, 6) is 0.309. The zero-order valence-electron chi connectivity index (χ0n) is 13.5. The first-order valence-corrected chi connectivity index (χ1v) is 7.44. The summed E-state index contributed by atoms with van der Waals surface area (Å²) in [4.78, 5) is 12.2. The van der Waals surface area contributed by atoms with E-state index in [1.54, 1.807) is 37.5 Å². The molecule has 0 spiro atoms. The number of hydrogen-bond donors (Lipinski definition) is 1. The van der Waals surface area contributed by atoms with Gasteiger partial charge in [0.25, 0.3) is 5.91 Å². The highest BCUT2D eigenvalue weighted by Crippen LogP contribution is 2.22. The van der Waals surface area contributed by atoms with Crippen LogP contribution in [0.2, 0.25) is 0 Å². The summed E-state index contributed by atoms with van der Waals surface area (Å²) in [6, 6.07) is 16.5. The van der Waals surface area contributed by atoms with Crippen LogP contribution in [0.15, 0.2) is 66.8 Å². The molecule has 2 aromatic carbocycles. The number of benzene rings is 2. The molecular weight excluding hydrogens is 300 g/mol. The summed E-state index contributed by atoms with van der Waals surface area (Å²) in [7, 11) is 1.60. The first-order valence-electron chi connectivity index (χ1n) is 7.44. The Labute approximate surface area is 141 Å². The van der Waals surface area contributed by atoms with Gasteiger partial charge in [-0.05, 0) is 47.9 Å². The highest BCUT2D eigenvalue weighted by atomic mass is 16.5. The number of nitriles is 1. The van der Waals surface area contributed by atoms with Gasteiger partial charge in [0.15, 0.2) is 0 Å². The molecule has 0 aliphatic heterocycles. The zero-order valence-corrected chi connectivity index (χ0v) is 13.5. The van der Waals surface area contributed by atoms with Crippen LogP contribution < -0.4 is 10.1 Å². The molecule has 0 saturated carbocycles. The van der Waals surface area contributed by atoms with Crippen molar-refractivity contribution in [2.24, 2.45) is 0 Å². The number of carbonyl (C=O) groups excluding carboxylic acids is 1. The fraction of sp³-hybridized carbons (Fsp3) is 0.100. The molecule has 0 fully saturated rings. The lowest BCUT2D eigenvalue weighted by Crippen LogP contribution is -2.13. The number of methoxy groups -OCH3 is 1. The average Bonchev–Trinajstić information content (AvgIpc) is 2.61. The first kappa shape index (κ1) is 17.0. The Morgan fingerprint density at radius 1 is 1.29 bits per heavy atom. The van der Waals surface area contributed by atoms with E-state index in [1.165, 1.54) is 0 Å². The second-order valence-electron chi connectivity index (χ2n) is 5.05. The molecular formula is C20H18N2O2. The van der Waals surface area contributed by atoms with Gasteiger partial charge in [-0.3, -0.25) is 4.79 Å². The van der Waals surface area contributed by atoms with Crippen molar-refractivity contribution >= 4 is 17.7 Å². The van der Waals surface area contributed by atoms with Crippen molar-refractivity contribution in [3.63, 3.8) is 0 Å². The van der Waals surface area contributed by atoms with Gasteiger partial charge in [0.05, 0.1) is 7.11 Å². The molecule has 0 aromatic heterocycles. The molecule has 4 heteroatoms. The van der Waals surface area contributed by atoms with E-state index in [1.807, 2.05) is 36.4 Å². The largest absolute Gasteiger partial charge is 0.496 e. The van der Waals surface area contributed by atoms with Gasteiger partial charge in [0.1, 0.15) is 17.4 Å². The van der Waals surface area contributed by atoms with Gasteiger partial charge >= 0.3 is 0 Å². The lowest BCUT2D eigenvalue weighted by Gasteiger charge is -2.08. The van der Waals surface area contributed by atoms with E-state index in [2.05, 4.69) is 11.9 Å². The highest BCUT2D eigenvalue weighted by molar-refractivity contribution is 6.09. The fourth-order valence-electron chi connectivity index (χ4n) is 2.24. The predicted octanol–water partition coefficient (Wildman–Crippen LogP) is 3.97. The van der Waals surface area contributed by atoms with Gasteiger partial charge < -0.3 is 10.1 Å². The van der Waals surface area contributed by atoms with Crippen LogP contribution in [0.3, 0.4) is 0 Å². The number of amides is 1. The molecule has 0 radical (unpaired) electrons. The number of carbonyl (C=O) groups is 1. The molecule has 0 unspecified atom stereocenters. The maximum atomic E-state index is 12.2. The maximum Gasteiger partial charge on any atom is 0.266 e. The maximum absolute atomic E-state index is 12.2. The third kappa shape index (κ3) is 4.34. The van der Waals surface area contributed by atoms with Crippen LogP contribution in [0.1, 0.15) is 11.1 Å². The molecule has 4 nitrogen and oxygen atoms in total. The average molecular weight is 318 g/mol. The number of anilines is 1. The minimum atomic E-state index is -0.440. The minimum Gasteiger partial charge on any atom is -0.496 e. The topological polar surface area (TPSA) is 62.1 Å². The molecule has 2 aromatic rings. The molecule has 2 rings (SSSR count). The summed E-state index contributed by atoms with van der Waals surface area (Å²) < 4.78 is 5.30. The van der Waals surface area contributed by atoms with Crippen LogP contribution in [0.4, 0.5) is 5.69 Å². The molecule has 0 aliphatic rings. The second-order valence-corrected chi connectivity index (χ2v) is 5.05. The number of para-hydroxylation sites is 1. The highest BCUT2D eigenvalue weighted by Gasteiger charge is 2.10. The standard InChI is InChI=1S/C20H18N2O2/c1-3-7-16-12-15(10-11-19(16)24-2)13-17(14-21)20(23)22-18-8-5-4-6-9-18/h3-6,8-13H,1,7H2,2H3,(H,22,23)/b17-13-. The number of rotatable bonds is 6. The molecule has 24 heavy (non-hydrogen) atoms. The lowest BCUT2D eigenvalue weighted by atomic mass is 10.0. The summed E-state index contributed by atoms with van der Waals surface area (Å²) in [5.41, 5.74) is 2.38. The summed E-state index contributed by atoms with van der Waals surface area (Å²) in [5, 5.41) is 12.0. The Balaban J connectivity index is 2.26. The van der Waals surface area contributed by atoms with Crippen molar-refractivity contribution in [1.82, 2.24) is 0 Å². The van der Waals surface area contributed by atoms with E-state index in [0.29, 0.717) is 12.1 Å². The summed E-state index contributed by atoms with van der Waals surface area (Å²) in [6.45, 7) is 3.73. The monoisotopic (exact) mass is 318 g/mol. The van der Waals surface area contributed by atoms with E-state index in [0.717, 1.165) is 16.9 Å². The van der Waals surface area contributed by atoms with Crippen molar-refractivity contribution in [2.45, 2.75) is 6.42 Å². The molecule has 0 saturated heterocycles. The van der Waals surface area contributed by atoms with Crippen molar-refractivity contribution in [3.8, 4) is 11.8 Å². The van der Waals surface area contributed by atoms with E-state index in [9.17, 15) is 10.1 Å². The minimum absolute atomic E-state index is 0.0357. The van der Waals surface area contributed by atoms with E-state index in [4.69, 9.17) is 4.74 Å². The molecule has 120 valence electrons. The zero-order chi connectivity index (χ0) is 17.4. The quantitative estimate of drug-likeness (QED) is 0.498. The molecule has 0 heterocycles. The van der Waals surface area contributed by atoms with Gasteiger partial charge in [-0.25, -0.2) is 0 Å². The van der Waals surface area contributed by atoms with Crippen molar-refractivity contribution < 1.29 is 9.53 Å². The Hall–Kier alpha value is -3.32. The number of allylic oxidation sites excluding steroid dienone is 1. The molecule has 0 atom stereocenters. The van der Waals surface area contributed by atoms with Gasteiger partial charge in [0, 0.05) is 5.69 Å². The third-order valence-electron chi connectivity index (χ3n) is 3.38. The smallest absolute Gasteiger partial charge is 0.266 e.